The topological polar surface area (TPSA) is 47.9 Å². The third kappa shape index (κ3) is 2.01. The molecule has 0 bridgehead atoms. The second kappa shape index (κ2) is 3.78. The number of rotatable bonds is 2. The highest BCUT2D eigenvalue weighted by atomic mass is 19.1. The van der Waals surface area contributed by atoms with E-state index in [-0.39, 0.29) is 5.88 Å². The molecule has 0 saturated heterocycles. The van der Waals surface area contributed by atoms with Crippen molar-refractivity contribution < 1.29 is 9.13 Å². The van der Waals surface area contributed by atoms with Gasteiger partial charge in [0.1, 0.15) is 12.1 Å². The lowest BCUT2D eigenvalue weighted by atomic mass is 10.5. The highest BCUT2D eigenvalue weighted by molar-refractivity contribution is 5.22. The summed E-state index contributed by atoms with van der Waals surface area (Å²) in [6, 6.07) is 4.52. The number of nitrogens with zero attached hydrogens (tertiary/aromatic N) is 3. The van der Waals surface area contributed by atoms with Gasteiger partial charge in [-0.1, -0.05) is 0 Å². The van der Waals surface area contributed by atoms with Gasteiger partial charge in [0.05, 0.1) is 12.3 Å². The maximum atomic E-state index is 12.6. The van der Waals surface area contributed by atoms with Crippen LogP contribution in [-0.4, -0.2) is 15.0 Å². The van der Waals surface area contributed by atoms with Crippen molar-refractivity contribution in [1.29, 1.82) is 0 Å². The molecular weight excluding hydrogens is 185 g/mol. The predicted octanol–water partition coefficient (Wildman–Crippen LogP) is 1.80. The van der Waals surface area contributed by atoms with Crippen molar-refractivity contribution in [3.63, 3.8) is 0 Å². The summed E-state index contributed by atoms with van der Waals surface area (Å²) in [6.45, 7) is 0. The summed E-state index contributed by atoms with van der Waals surface area (Å²) in [5.74, 6) is 0.0370. The van der Waals surface area contributed by atoms with E-state index in [4.69, 9.17) is 4.74 Å². The molecule has 0 atom stereocenters. The van der Waals surface area contributed by atoms with Gasteiger partial charge in [0.2, 0.25) is 11.8 Å². The van der Waals surface area contributed by atoms with Crippen LogP contribution in [0.5, 0.6) is 11.6 Å². The van der Waals surface area contributed by atoms with Gasteiger partial charge in [-0.15, -0.1) is 0 Å². The first-order chi connectivity index (χ1) is 6.84. The average Bonchev–Trinajstić information content (AvgIpc) is 2.19. The van der Waals surface area contributed by atoms with Gasteiger partial charge in [0.25, 0.3) is 0 Å². The Labute approximate surface area is 79.4 Å². The molecule has 0 unspecified atom stereocenters. The molecule has 14 heavy (non-hydrogen) atoms. The summed E-state index contributed by atoms with van der Waals surface area (Å²) in [5.41, 5.74) is 0. The molecule has 0 fully saturated rings. The second-order valence-electron chi connectivity index (χ2n) is 2.47. The van der Waals surface area contributed by atoms with Crippen molar-refractivity contribution >= 4 is 0 Å². The minimum absolute atomic E-state index is 0.158. The summed E-state index contributed by atoms with van der Waals surface area (Å²) in [5, 5.41) is 0. The molecule has 0 aliphatic rings. The Morgan fingerprint density at radius 2 is 2.21 bits per heavy atom. The van der Waals surface area contributed by atoms with Crippen molar-refractivity contribution in [3.05, 3.63) is 42.9 Å². The first-order valence-electron chi connectivity index (χ1n) is 3.90. The molecule has 0 spiro atoms. The minimum atomic E-state index is -0.626. The molecule has 0 aromatic carbocycles. The second-order valence-corrected chi connectivity index (χ2v) is 2.47. The molecule has 2 aromatic heterocycles. The van der Waals surface area contributed by atoms with Gasteiger partial charge in [-0.05, 0) is 12.1 Å². The van der Waals surface area contributed by atoms with E-state index in [0.717, 1.165) is 12.4 Å². The zero-order chi connectivity index (χ0) is 9.80. The molecular formula is C9H6FN3O. The lowest BCUT2D eigenvalue weighted by Crippen LogP contribution is -1.91. The van der Waals surface area contributed by atoms with E-state index in [1.807, 2.05) is 0 Å². The van der Waals surface area contributed by atoms with E-state index in [2.05, 4.69) is 15.0 Å². The number of aromatic nitrogens is 3. The summed E-state index contributed by atoms with van der Waals surface area (Å²) >= 11 is 0. The first kappa shape index (κ1) is 8.55. The van der Waals surface area contributed by atoms with Crippen LogP contribution < -0.4 is 4.74 Å². The van der Waals surface area contributed by atoms with E-state index in [9.17, 15) is 4.39 Å². The van der Waals surface area contributed by atoms with Crippen LogP contribution in [0.4, 0.5) is 4.39 Å². The Kier molecular flexibility index (Phi) is 2.31. The summed E-state index contributed by atoms with van der Waals surface area (Å²) in [7, 11) is 0. The fraction of sp³-hybridized carbons (Fsp3) is 0. The molecule has 70 valence electrons. The largest absolute Gasteiger partial charge is 0.437 e. The van der Waals surface area contributed by atoms with Crippen LogP contribution in [0.2, 0.25) is 0 Å². The lowest BCUT2D eigenvalue weighted by molar-refractivity contribution is 0.448. The van der Waals surface area contributed by atoms with Crippen LogP contribution in [0.1, 0.15) is 0 Å². The fourth-order valence-electron chi connectivity index (χ4n) is 0.901. The van der Waals surface area contributed by atoms with E-state index in [1.165, 1.54) is 6.20 Å². The first-order valence-corrected chi connectivity index (χ1v) is 3.90. The molecule has 2 rings (SSSR count). The van der Waals surface area contributed by atoms with Crippen molar-refractivity contribution in [2.24, 2.45) is 0 Å². The molecule has 5 heteroatoms. The van der Waals surface area contributed by atoms with Crippen molar-refractivity contribution in [2.45, 2.75) is 0 Å². The molecule has 4 nitrogen and oxygen atoms in total. The molecule has 0 radical (unpaired) electrons. The zero-order valence-electron chi connectivity index (χ0n) is 7.09. The maximum absolute atomic E-state index is 12.6. The Morgan fingerprint density at radius 3 is 2.93 bits per heavy atom. The number of halogens is 1. The van der Waals surface area contributed by atoms with Gasteiger partial charge in [-0.3, -0.25) is 4.98 Å². The third-order valence-electron chi connectivity index (χ3n) is 1.47. The molecule has 2 heterocycles. The van der Waals surface area contributed by atoms with E-state index in [1.54, 1.807) is 18.3 Å². The summed E-state index contributed by atoms with van der Waals surface area (Å²) in [6.07, 6.45) is 4.23. The molecule has 0 N–H and O–H groups in total. The molecule has 2 aromatic rings. The van der Waals surface area contributed by atoms with Crippen molar-refractivity contribution in [3.8, 4) is 11.6 Å². The van der Waals surface area contributed by atoms with Crippen LogP contribution in [0.15, 0.2) is 36.9 Å². The van der Waals surface area contributed by atoms with Gasteiger partial charge >= 0.3 is 0 Å². The molecule has 0 amide bonds. The fourth-order valence-corrected chi connectivity index (χ4v) is 0.901. The summed E-state index contributed by atoms with van der Waals surface area (Å²) in [4.78, 5) is 10.9. The third-order valence-corrected chi connectivity index (χ3v) is 1.47. The molecule has 0 aliphatic heterocycles. The lowest BCUT2D eigenvalue weighted by Gasteiger charge is -2.02. The van der Waals surface area contributed by atoms with Crippen LogP contribution in [0.3, 0.4) is 0 Å². The molecule has 0 saturated carbocycles. The predicted molar refractivity (Wildman–Crippen MR) is 46.3 cm³/mol. The van der Waals surface area contributed by atoms with E-state index < -0.39 is 5.95 Å². The maximum Gasteiger partial charge on any atom is 0.225 e. The van der Waals surface area contributed by atoms with Gasteiger partial charge in [0.15, 0.2) is 0 Å². The van der Waals surface area contributed by atoms with E-state index in [0.29, 0.717) is 5.75 Å². The van der Waals surface area contributed by atoms with E-state index >= 15 is 0 Å². The number of pyridine rings is 1. The van der Waals surface area contributed by atoms with Gasteiger partial charge in [-0.25, -0.2) is 9.97 Å². The SMILES string of the molecule is Fc1cc(Oc2cccnc2)ncn1. The highest BCUT2D eigenvalue weighted by Crippen LogP contribution is 2.16. The van der Waals surface area contributed by atoms with Crippen LogP contribution in [-0.2, 0) is 0 Å². The smallest absolute Gasteiger partial charge is 0.225 e. The van der Waals surface area contributed by atoms with Crippen LogP contribution in [0.25, 0.3) is 0 Å². The summed E-state index contributed by atoms with van der Waals surface area (Å²) < 4.78 is 17.8. The van der Waals surface area contributed by atoms with Crippen molar-refractivity contribution in [1.82, 2.24) is 15.0 Å². The minimum Gasteiger partial charge on any atom is -0.437 e. The Morgan fingerprint density at radius 1 is 1.29 bits per heavy atom. The Bertz CT molecular complexity index is 421. The Balaban J connectivity index is 2.19. The number of hydrogen-bond acceptors (Lipinski definition) is 4. The average molecular weight is 191 g/mol. The highest BCUT2D eigenvalue weighted by Gasteiger charge is 1.99. The van der Waals surface area contributed by atoms with Gasteiger partial charge in [-0.2, -0.15) is 4.39 Å². The Hall–Kier alpha value is -2.04. The monoisotopic (exact) mass is 191 g/mol. The molecule has 0 aliphatic carbocycles. The van der Waals surface area contributed by atoms with Gasteiger partial charge in [0, 0.05) is 6.20 Å². The zero-order valence-corrected chi connectivity index (χ0v) is 7.09. The van der Waals surface area contributed by atoms with Crippen LogP contribution >= 0.6 is 0 Å². The normalized spacial score (nSPS) is 9.79. The van der Waals surface area contributed by atoms with Crippen molar-refractivity contribution in [2.75, 3.05) is 0 Å². The van der Waals surface area contributed by atoms with Gasteiger partial charge < -0.3 is 4.74 Å². The standard InChI is InChI=1S/C9H6FN3O/c10-8-4-9(13-6-12-8)14-7-2-1-3-11-5-7/h1-6H. The van der Waals surface area contributed by atoms with Crippen LogP contribution in [0, 0.1) is 5.95 Å². The number of ether oxygens (including phenoxy) is 1. The number of hydrogen-bond donors (Lipinski definition) is 0. The quantitative estimate of drug-likeness (QED) is 0.679.